The van der Waals surface area contributed by atoms with Gasteiger partial charge < -0.3 is 11.1 Å². The third kappa shape index (κ3) is 5.80. The molecule has 3 N–H and O–H groups in total. The Bertz CT molecular complexity index is 465. The molecule has 0 fully saturated rings. The summed E-state index contributed by atoms with van der Waals surface area (Å²) in [6.45, 7) is -1.56. The summed E-state index contributed by atoms with van der Waals surface area (Å²) >= 11 is 5.82. The Morgan fingerprint density at radius 1 is 1.47 bits per heavy atom. The Labute approximate surface area is 113 Å². The first-order valence-corrected chi connectivity index (χ1v) is 5.65. The highest BCUT2D eigenvalue weighted by Gasteiger charge is 2.29. The van der Waals surface area contributed by atoms with E-state index in [1.807, 2.05) is 0 Å². The Hall–Kier alpha value is -1.47. The van der Waals surface area contributed by atoms with Crippen molar-refractivity contribution in [1.82, 2.24) is 4.90 Å². The van der Waals surface area contributed by atoms with Crippen LogP contribution in [0.1, 0.15) is 0 Å². The number of anilines is 2. The Balaban J connectivity index is 2.58. The highest BCUT2D eigenvalue weighted by atomic mass is 35.5. The number of nitrogens with zero attached hydrogens (tertiary/aromatic N) is 1. The van der Waals surface area contributed by atoms with Gasteiger partial charge in [0.25, 0.3) is 0 Å². The van der Waals surface area contributed by atoms with E-state index in [1.165, 1.54) is 19.2 Å². The van der Waals surface area contributed by atoms with Gasteiger partial charge in [-0.05, 0) is 25.2 Å². The third-order valence-electron chi connectivity index (χ3n) is 2.13. The van der Waals surface area contributed by atoms with Crippen LogP contribution in [-0.2, 0) is 4.79 Å². The van der Waals surface area contributed by atoms with E-state index in [9.17, 15) is 18.0 Å². The van der Waals surface area contributed by atoms with Gasteiger partial charge in [-0.2, -0.15) is 13.2 Å². The lowest BCUT2D eigenvalue weighted by molar-refractivity contribution is -0.145. The number of halogens is 4. The number of nitrogens with one attached hydrogen (secondary N) is 1. The zero-order chi connectivity index (χ0) is 14.6. The van der Waals surface area contributed by atoms with Crippen molar-refractivity contribution in [3.63, 3.8) is 0 Å². The number of rotatable bonds is 4. The van der Waals surface area contributed by atoms with E-state index >= 15 is 0 Å². The molecule has 1 amide bonds. The number of alkyl halides is 3. The van der Waals surface area contributed by atoms with Gasteiger partial charge >= 0.3 is 6.18 Å². The van der Waals surface area contributed by atoms with Gasteiger partial charge in [0.05, 0.1) is 23.8 Å². The Morgan fingerprint density at radius 3 is 2.68 bits per heavy atom. The van der Waals surface area contributed by atoms with Crippen molar-refractivity contribution in [3.05, 3.63) is 23.2 Å². The van der Waals surface area contributed by atoms with Gasteiger partial charge in [-0.25, -0.2) is 0 Å². The summed E-state index contributed by atoms with van der Waals surface area (Å²) in [4.78, 5) is 12.4. The van der Waals surface area contributed by atoms with E-state index in [4.69, 9.17) is 17.3 Å². The van der Waals surface area contributed by atoms with Crippen LogP contribution >= 0.6 is 11.6 Å². The molecule has 1 aromatic rings. The van der Waals surface area contributed by atoms with Crippen molar-refractivity contribution in [1.29, 1.82) is 0 Å². The average molecular weight is 296 g/mol. The molecule has 0 aliphatic carbocycles. The lowest BCUT2D eigenvalue weighted by Crippen LogP contribution is -2.36. The summed E-state index contributed by atoms with van der Waals surface area (Å²) in [5.41, 5.74) is 6.18. The van der Waals surface area contributed by atoms with Gasteiger partial charge in [-0.15, -0.1) is 0 Å². The zero-order valence-corrected chi connectivity index (χ0v) is 10.8. The molecule has 0 spiro atoms. The number of nitrogen functional groups attached to an aromatic ring is 1. The van der Waals surface area contributed by atoms with Gasteiger partial charge in [0.1, 0.15) is 0 Å². The predicted octanol–water partition coefficient (Wildman–Crippen LogP) is 2.35. The van der Waals surface area contributed by atoms with Crippen molar-refractivity contribution in [2.75, 3.05) is 31.2 Å². The first-order valence-electron chi connectivity index (χ1n) is 5.27. The first kappa shape index (κ1) is 15.6. The quantitative estimate of drug-likeness (QED) is 0.838. The molecule has 1 rings (SSSR count). The van der Waals surface area contributed by atoms with E-state index in [2.05, 4.69) is 5.32 Å². The lowest BCUT2D eigenvalue weighted by Gasteiger charge is -2.18. The summed E-state index contributed by atoms with van der Waals surface area (Å²) in [7, 11) is 1.20. The van der Waals surface area contributed by atoms with E-state index in [0.29, 0.717) is 5.69 Å². The number of carbonyl (C=O) groups excluding carboxylic acids is 1. The summed E-state index contributed by atoms with van der Waals surface area (Å²) in [6, 6.07) is 4.48. The number of hydrogen-bond acceptors (Lipinski definition) is 3. The molecule has 0 atom stereocenters. The molecule has 0 radical (unpaired) electrons. The molecule has 106 valence electrons. The maximum absolute atomic E-state index is 12.1. The molecule has 0 aliphatic rings. The minimum Gasteiger partial charge on any atom is -0.399 e. The highest BCUT2D eigenvalue weighted by Crippen LogP contribution is 2.24. The minimum atomic E-state index is -4.34. The molecule has 0 heterocycles. The largest absolute Gasteiger partial charge is 0.401 e. The van der Waals surface area contributed by atoms with Crippen molar-refractivity contribution < 1.29 is 18.0 Å². The number of nitrogens with two attached hydrogens (primary N) is 1. The molecule has 4 nitrogen and oxygen atoms in total. The molecule has 0 aliphatic heterocycles. The monoisotopic (exact) mass is 295 g/mol. The average Bonchev–Trinajstić information content (AvgIpc) is 2.20. The van der Waals surface area contributed by atoms with Crippen LogP contribution in [0, 0.1) is 0 Å². The topological polar surface area (TPSA) is 58.4 Å². The second kappa shape index (κ2) is 6.12. The van der Waals surface area contributed by atoms with E-state index in [0.717, 1.165) is 4.90 Å². The van der Waals surface area contributed by atoms with E-state index in [-0.39, 0.29) is 10.7 Å². The minimum absolute atomic E-state index is 0.265. The SMILES string of the molecule is CN(CC(=O)Nc1cc(N)ccc1Cl)CC(F)(F)F. The molecular weight excluding hydrogens is 283 g/mol. The van der Waals surface area contributed by atoms with Crippen LogP contribution in [-0.4, -0.2) is 37.1 Å². The summed E-state index contributed by atoms with van der Waals surface area (Å²) in [5.74, 6) is -0.598. The first-order chi connectivity index (χ1) is 8.67. The van der Waals surface area contributed by atoms with Crippen LogP contribution in [0.4, 0.5) is 24.5 Å². The van der Waals surface area contributed by atoms with Crippen molar-refractivity contribution in [2.45, 2.75) is 6.18 Å². The fourth-order valence-electron chi connectivity index (χ4n) is 1.44. The van der Waals surface area contributed by atoms with Crippen LogP contribution in [0.15, 0.2) is 18.2 Å². The smallest absolute Gasteiger partial charge is 0.399 e. The Kier molecular flexibility index (Phi) is 5.02. The fraction of sp³-hybridized carbons (Fsp3) is 0.364. The molecule has 19 heavy (non-hydrogen) atoms. The predicted molar refractivity (Wildman–Crippen MR) is 68.0 cm³/mol. The number of benzene rings is 1. The molecule has 0 unspecified atom stereocenters. The number of likely N-dealkylation sites (N-methyl/N-ethyl adjacent to an activating group) is 1. The number of carbonyl (C=O) groups is 1. The second-order valence-corrected chi connectivity index (χ2v) is 4.48. The van der Waals surface area contributed by atoms with Crippen LogP contribution in [0.3, 0.4) is 0 Å². The summed E-state index contributed by atoms with van der Waals surface area (Å²) in [5, 5.41) is 2.67. The molecule has 1 aromatic carbocycles. The highest BCUT2D eigenvalue weighted by molar-refractivity contribution is 6.33. The summed E-state index contributed by atoms with van der Waals surface area (Å²) < 4.78 is 36.3. The van der Waals surface area contributed by atoms with Gasteiger partial charge in [0.2, 0.25) is 5.91 Å². The molecular formula is C11H13ClF3N3O. The number of hydrogen-bond donors (Lipinski definition) is 2. The van der Waals surface area contributed by atoms with Crippen molar-refractivity contribution >= 4 is 28.9 Å². The molecule has 0 bridgehead atoms. The van der Waals surface area contributed by atoms with Crippen LogP contribution in [0.5, 0.6) is 0 Å². The van der Waals surface area contributed by atoms with Crippen LogP contribution in [0.2, 0.25) is 5.02 Å². The fourth-order valence-corrected chi connectivity index (χ4v) is 1.60. The van der Waals surface area contributed by atoms with Gasteiger partial charge in [0.15, 0.2) is 0 Å². The molecule has 0 aromatic heterocycles. The maximum atomic E-state index is 12.1. The second-order valence-electron chi connectivity index (χ2n) is 4.07. The Morgan fingerprint density at radius 2 is 2.11 bits per heavy atom. The van der Waals surface area contributed by atoms with Crippen molar-refractivity contribution in [3.8, 4) is 0 Å². The van der Waals surface area contributed by atoms with Crippen molar-refractivity contribution in [2.24, 2.45) is 0 Å². The van der Waals surface area contributed by atoms with Gasteiger partial charge in [0, 0.05) is 5.69 Å². The standard InChI is InChI=1S/C11H13ClF3N3O/c1-18(6-11(13,14)15)5-10(19)17-9-4-7(16)2-3-8(9)12/h2-4H,5-6,16H2,1H3,(H,17,19). The molecule has 0 saturated heterocycles. The lowest BCUT2D eigenvalue weighted by atomic mass is 10.3. The molecule has 0 saturated carbocycles. The number of amides is 1. The van der Waals surface area contributed by atoms with E-state index < -0.39 is 25.2 Å². The normalized spacial score (nSPS) is 11.7. The van der Waals surface area contributed by atoms with Crippen LogP contribution in [0.25, 0.3) is 0 Å². The third-order valence-corrected chi connectivity index (χ3v) is 2.46. The zero-order valence-electron chi connectivity index (χ0n) is 10.1. The molecule has 8 heteroatoms. The van der Waals surface area contributed by atoms with Crippen LogP contribution < -0.4 is 11.1 Å². The van der Waals surface area contributed by atoms with E-state index in [1.54, 1.807) is 6.07 Å². The summed E-state index contributed by atoms with van der Waals surface area (Å²) in [6.07, 6.45) is -4.34. The maximum Gasteiger partial charge on any atom is 0.401 e. The van der Waals surface area contributed by atoms with Gasteiger partial charge in [-0.3, -0.25) is 9.69 Å². The van der Waals surface area contributed by atoms with Gasteiger partial charge in [-0.1, -0.05) is 11.6 Å².